The van der Waals surface area contributed by atoms with Gasteiger partial charge in [0.2, 0.25) is 11.9 Å². The molecule has 7 nitrogen and oxygen atoms in total. The molecule has 1 N–H and O–H groups in total. The number of amides is 2. The van der Waals surface area contributed by atoms with Gasteiger partial charge in [-0.2, -0.15) is 9.83 Å². The Kier molecular flexibility index (Phi) is 6.37. The third-order valence-electron chi connectivity index (χ3n) is 4.49. The first-order valence-corrected chi connectivity index (χ1v) is 8.02. The van der Waals surface area contributed by atoms with Crippen molar-refractivity contribution in [2.75, 3.05) is 14.2 Å². The second-order valence-corrected chi connectivity index (χ2v) is 5.87. The number of nitriles is 1. The fourth-order valence-electron chi connectivity index (χ4n) is 3.27. The molecule has 1 aromatic carbocycles. The Morgan fingerprint density at radius 1 is 1.04 bits per heavy atom. The fraction of sp³-hybridized carbons (Fsp3) is 0.263. The Morgan fingerprint density at radius 2 is 1.70 bits per heavy atom. The molecule has 2 heterocycles. The number of imide groups is 1. The Morgan fingerprint density at radius 3 is 2.30 bits per heavy atom. The first-order chi connectivity index (χ1) is 12.6. The van der Waals surface area contributed by atoms with Crippen LogP contribution in [0.1, 0.15) is 17.5 Å². The summed E-state index contributed by atoms with van der Waals surface area (Å²) in [6.07, 6.45) is 3.48. The number of aromatic nitrogens is 1. The predicted molar refractivity (Wildman–Crippen MR) is 90.2 cm³/mol. The predicted octanol–water partition coefficient (Wildman–Crippen LogP) is -1.88. The summed E-state index contributed by atoms with van der Waals surface area (Å²) in [5.74, 6) is -1.71. The summed E-state index contributed by atoms with van der Waals surface area (Å²) in [6, 6.07) is 11.9. The number of pyridine rings is 1. The maximum absolute atomic E-state index is 12.6. The highest BCUT2D eigenvalue weighted by Crippen LogP contribution is 2.39. The molecule has 0 spiro atoms. The molecule has 3 rings (SSSR count). The average Bonchev–Trinajstić information content (AvgIpc) is 2.67. The minimum Gasteiger partial charge on any atom is -1.00 e. The van der Waals surface area contributed by atoms with Crippen LogP contribution in [0.15, 0.2) is 48.8 Å². The zero-order valence-electron chi connectivity index (χ0n) is 14.8. The highest BCUT2D eigenvalue weighted by atomic mass is 35.5. The summed E-state index contributed by atoms with van der Waals surface area (Å²) >= 11 is 0. The van der Waals surface area contributed by atoms with Gasteiger partial charge in [0, 0.05) is 12.1 Å². The van der Waals surface area contributed by atoms with E-state index in [9.17, 15) is 14.9 Å². The molecule has 1 fully saturated rings. The highest BCUT2D eigenvalue weighted by Gasteiger charge is 2.50. The van der Waals surface area contributed by atoms with Gasteiger partial charge in [0.15, 0.2) is 23.9 Å². The van der Waals surface area contributed by atoms with E-state index in [-0.39, 0.29) is 12.4 Å². The summed E-state index contributed by atoms with van der Waals surface area (Å²) in [7, 11) is 3.03. The van der Waals surface area contributed by atoms with Crippen LogP contribution in [0, 0.1) is 17.2 Å². The minimum atomic E-state index is -1.01. The van der Waals surface area contributed by atoms with Gasteiger partial charge in [0.05, 0.1) is 26.2 Å². The van der Waals surface area contributed by atoms with Crippen molar-refractivity contribution in [2.45, 2.75) is 12.0 Å². The number of nitrogens with zero attached hydrogens (tertiary/aromatic N) is 2. The average molecular weight is 388 g/mol. The van der Waals surface area contributed by atoms with Crippen molar-refractivity contribution in [3.05, 3.63) is 54.4 Å². The molecule has 0 bridgehead atoms. The van der Waals surface area contributed by atoms with E-state index in [2.05, 4.69) is 5.32 Å². The lowest BCUT2D eigenvalue weighted by Crippen LogP contribution is -3.00. The fourth-order valence-corrected chi connectivity index (χ4v) is 3.27. The van der Waals surface area contributed by atoms with Crippen molar-refractivity contribution < 1.29 is 36.0 Å². The zero-order chi connectivity index (χ0) is 18.7. The number of halogens is 1. The van der Waals surface area contributed by atoms with Gasteiger partial charge >= 0.3 is 0 Å². The Balaban J connectivity index is 0.00000261. The van der Waals surface area contributed by atoms with Gasteiger partial charge < -0.3 is 21.9 Å². The molecule has 1 aromatic heterocycles. The van der Waals surface area contributed by atoms with Crippen molar-refractivity contribution in [2.24, 2.45) is 5.92 Å². The SMILES string of the molecule is COc1ccc(C2C(C#N)C(=O)NC(=O)C2[n+]2ccccc2)cc1OC.[Cl-]. The standard InChI is InChI=1S/C19H17N3O4.ClH/c1-25-14-7-6-12(10-15(14)26-2)16-13(11-20)18(23)21-19(24)17(16)22-8-4-3-5-9-22;/h3-10,13,16-17H,1-2H3;1H. The van der Waals surface area contributed by atoms with Crippen LogP contribution in [0.2, 0.25) is 0 Å². The van der Waals surface area contributed by atoms with Crippen LogP contribution >= 0.6 is 0 Å². The number of ether oxygens (including phenoxy) is 2. The van der Waals surface area contributed by atoms with Crippen LogP contribution in [0.3, 0.4) is 0 Å². The second kappa shape index (κ2) is 8.52. The monoisotopic (exact) mass is 387 g/mol. The van der Waals surface area contributed by atoms with Gasteiger partial charge in [-0.05, 0) is 17.7 Å². The van der Waals surface area contributed by atoms with E-state index in [1.54, 1.807) is 47.3 Å². The van der Waals surface area contributed by atoms with E-state index >= 15 is 0 Å². The Bertz CT molecular complexity index is 882. The number of rotatable bonds is 4. The van der Waals surface area contributed by atoms with Crippen molar-refractivity contribution >= 4 is 11.8 Å². The van der Waals surface area contributed by atoms with Gasteiger partial charge in [0.25, 0.3) is 5.91 Å². The minimum absolute atomic E-state index is 0. The van der Waals surface area contributed by atoms with Gasteiger partial charge in [-0.25, -0.2) is 0 Å². The summed E-state index contributed by atoms with van der Waals surface area (Å²) in [5, 5.41) is 11.9. The molecule has 1 aliphatic heterocycles. The van der Waals surface area contributed by atoms with E-state index < -0.39 is 29.7 Å². The maximum Gasteiger partial charge on any atom is 0.296 e. The number of nitrogens with one attached hydrogen (secondary N) is 1. The lowest BCUT2D eigenvalue weighted by atomic mass is 9.77. The first-order valence-electron chi connectivity index (χ1n) is 8.02. The van der Waals surface area contributed by atoms with Gasteiger partial charge in [-0.15, -0.1) is 0 Å². The maximum atomic E-state index is 12.6. The number of hydrogen-bond donors (Lipinski definition) is 1. The quantitative estimate of drug-likeness (QED) is 0.489. The molecule has 0 aliphatic carbocycles. The van der Waals surface area contributed by atoms with Gasteiger partial charge in [-0.1, -0.05) is 12.1 Å². The van der Waals surface area contributed by atoms with Crippen molar-refractivity contribution in [3.8, 4) is 17.6 Å². The third-order valence-corrected chi connectivity index (χ3v) is 4.49. The molecule has 2 amide bonds. The number of methoxy groups -OCH3 is 2. The van der Waals surface area contributed by atoms with Crippen LogP contribution in [0.25, 0.3) is 0 Å². The van der Waals surface area contributed by atoms with Crippen molar-refractivity contribution in [3.63, 3.8) is 0 Å². The van der Waals surface area contributed by atoms with Crippen molar-refractivity contribution in [1.82, 2.24) is 5.32 Å². The molecule has 3 atom stereocenters. The molecule has 1 saturated heterocycles. The van der Waals surface area contributed by atoms with Gasteiger partial charge in [0.1, 0.15) is 5.92 Å². The van der Waals surface area contributed by atoms with Crippen LogP contribution in [-0.2, 0) is 9.59 Å². The number of benzene rings is 1. The molecule has 3 unspecified atom stereocenters. The Labute approximate surface area is 162 Å². The molecule has 1 aliphatic rings. The summed E-state index contributed by atoms with van der Waals surface area (Å²) in [6.45, 7) is 0. The van der Waals surface area contributed by atoms with Crippen LogP contribution in [-0.4, -0.2) is 26.0 Å². The van der Waals surface area contributed by atoms with E-state index in [0.717, 1.165) is 0 Å². The summed E-state index contributed by atoms with van der Waals surface area (Å²) in [5.41, 5.74) is 0.652. The van der Waals surface area contributed by atoms with E-state index in [0.29, 0.717) is 17.1 Å². The molecule has 27 heavy (non-hydrogen) atoms. The second-order valence-electron chi connectivity index (χ2n) is 5.87. The molecule has 2 aromatic rings. The van der Waals surface area contributed by atoms with E-state index in [1.807, 2.05) is 12.1 Å². The van der Waals surface area contributed by atoms with Crippen LogP contribution < -0.4 is 31.8 Å². The number of hydrogen-bond acceptors (Lipinski definition) is 5. The van der Waals surface area contributed by atoms with Crippen LogP contribution in [0.4, 0.5) is 0 Å². The highest BCUT2D eigenvalue weighted by molar-refractivity contribution is 6.02. The lowest BCUT2D eigenvalue weighted by molar-refractivity contribution is -0.713. The zero-order valence-corrected chi connectivity index (χ0v) is 15.5. The van der Waals surface area contributed by atoms with E-state index in [4.69, 9.17) is 9.47 Å². The molecular weight excluding hydrogens is 370 g/mol. The smallest absolute Gasteiger partial charge is 0.296 e. The molecule has 140 valence electrons. The number of carbonyl (C=O) groups is 2. The summed E-state index contributed by atoms with van der Waals surface area (Å²) in [4.78, 5) is 24.9. The normalized spacial score (nSPS) is 21.4. The number of carbonyl (C=O) groups excluding carboxylic acids is 2. The lowest BCUT2D eigenvalue weighted by Gasteiger charge is -2.30. The largest absolute Gasteiger partial charge is 1.00 e. The first kappa shape index (κ1) is 20.2. The van der Waals surface area contributed by atoms with Crippen molar-refractivity contribution in [1.29, 1.82) is 5.26 Å². The topological polar surface area (TPSA) is 92.3 Å². The molecule has 0 radical (unpaired) electrons. The molecular formula is C19H18ClN3O4. The van der Waals surface area contributed by atoms with Crippen LogP contribution in [0.5, 0.6) is 11.5 Å². The molecule has 8 heteroatoms. The molecule has 0 saturated carbocycles. The Hall–Kier alpha value is -3.11. The third kappa shape index (κ3) is 3.71. The van der Waals surface area contributed by atoms with E-state index in [1.165, 1.54) is 14.2 Å². The number of piperidine rings is 1. The van der Waals surface area contributed by atoms with Gasteiger partial charge in [-0.3, -0.25) is 14.9 Å². The summed E-state index contributed by atoms with van der Waals surface area (Å²) < 4.78 is 12.3.